The van der Waals surface area contributed by atoms with E-state index in [0.717, 1.165) is 0 Å². The minimum absolute atomic E-state index is 0.114. The van der Waals surface area contributed by atoms with Gasteiger partial charge in [-0.2, -0.15) is 18.6 Å². The van der Waals surface area contributed by atoms with Crippen LogP contribution in [0.25, 0.3) is 11.2 Å². The number of aliphatic hydroxyl groups is 2. The maximum Gasteiger partial charge on any atom is 0.490 e. The van der Waals surface area contributed by atoms with E-state index in [4.69, 9.17) is 20.3 Å². The van der Waals surface area contributed by atoms with Gasteiger partial charge >= 0.3 is 23.5 Å². The van der Waals surface area contributed by atoms with Gasteiger partial charge in [0, 0.05) is 7.05 Å². The number of aliphatic hydroxyl groups excluding tert-OH is 1. The molecule has 6 atom stereocenters. The van der Waals surface area contributed by atoms with E-state index in [9.17, 15) is 33.7 Å². The maximum absolute atomic E-state index is 11.9. The molecule has 0 bridgehead atoms. The zero-order valence-corrected chi connectivity index (χ0v) is 19.9. The molecule has 1 fully saturated rings. The third kappa shape index (κ3) is 5.80. The van der Waals surface area contributed by atoms with Gasteiger partial charge in [-0.1, -0.05) is 0 Å². The van der Waals surface area contributed by atoms with Gasteiger partial charge in [0.25, 0.3) is 0 Å². The van der Waals surface area contributed by atoms with Crippen molar-refractivity contribution in [3.05, 3.63) is 6.33 Å². The molecule has 19 nitrogen and oxygen atoms in total. The Hall–Kier alpha value is -1.56. The third-order valence-electron chi connectivity index (χ3n) is 4.50. The van der Waals surface area contributed by atoms with Gasteiger partial charge in [0.1, 0.15) is 17.8 Å². The maximum atomic E-state index is 11.9. The van der Waals surface area contributed by atoms with Crippen LogP contribution < -0.4 is 11.1 Å². The van der Waals surface area contributed by atoms with Crippen LogP contribution in [0.5, 0.6) is 0 Å². The fourth-order valence-electron chi connectivity index (χ4n) is 3.13. The average Bonchev–Trinajstić information content (AvgIpc) is 3.15. The molecule has 1 aliphatic rings. The van der Waals surface area contributed by atoms with Crippen LogP contribution in [0.4, 0.5) is 11.8 Å². The summed E-state index contributed by atoms with van der Waals surface area (Å²) >= 11 is 0. The zero-order valence-electron chi connectivity index (χ0n) is 17.3. The van der Waals surface area contributed by atoms with Crippen LogP contribution in [0.2, 0.25) is 0 Å². The summed E-state index contributed by atoms with van der Waals surface area (Å²) in [5, 5.41) is 24.1. The molecule has 0 aliphatic carbocycles. The van der Waals surface area contributed by atoms with Crippen LogP contribution >= 0.6 is 23.5 Å². The van der Waals surface area contributed by atoms with E-state index in [1.165, 1.54) is 17.8 Å². The summed E-state index contributed by atoms with van der Waals surface area (Å²) in [6, 6.07) is 0. The topological polar surface area (TPSA) is 291 Å². The third-order valence-corrected chi connectivity index (χ3v) is 8.30. The number of imidazole rings is 1. The highest BCUT2D eigenvalue weighted by Crippen LogP contribution is 2.66. The second kappa shape index (κ2) is 9.15. The number of phosphoric ester groups is 1. The molecule has 0 saturated carbocycles. The smallest absolute Gasteiger partial charge is 0.387 e. The molecular formula is C12H21N6O13P3. The minimum atomic E-state index is -5.73. The summed E-state index contributed by atoms with van der Waals surface area (Å²) in [6.07, 6.45) is -3.41. The molecule has 0 aromatic carbocycles. The number of aromatic nitrogens is 4. The molecule has 0 amide bonds. The van der Waals surface area contributed by atoms with Crippen molar-refractivity contribution in [1.82, 2.24) is 19.5 Å². The van der Waals surface area contributed by atoms with Crippen LogP contribution in [0.3, 0.4) is 0 Å². The van der Waals surface area contributed by atoms with Gasteiger partial charge in [-0.05, 0) is 6.92 Å². The van der Waals surface area contributed by atoms with Crippen molar-refractivity contribution < 1.29 is 61.4 Å². The predicted molar refractivity (Wildman–Crippen MR) is 110 cm³/mol. The zero-order chi connectivity index (χ0) is 25.7. The Bertz CT molecular complexity index is 1220. The van der Waals surface area contributed by atoms with E-state index in [-0.39, 0.29) is 22.9 Å². The Kier molecular flexibility index (Phi) is 7.27. The molecule has 2 unspecified atom stereocenters. The van der Waals surface area contributed by atoms with Gasteiger partial charge in [-0.25, -0.2) is 18.7 Å². The molecule has 34 heavy (non-hydrogen) atoms. The van der Waals surface area contributed by atoms with Crippen molar-refractivity contribution in [2.75, 3.05) is 24.7 Å². The van der Waals surface area contributed by atoms with Crippen molar-refractivity contribution in [2.24, 2.45) is 0 Å². The molecule has 0 radical (unpaired) electrons. The number of nitrogens with one attached hydrogen (secondary N) is 1. The van der Waals surface area contributed by atoms with Crippen LogP contribution in [-0.2, 0) is 31.6 Å². The Labute approximate surface area is 189 Å². The second-order valence-electron chi connectivity index (χ2n) is 7.09. The number of rotatable bonds is 9. The highest BCUT2D eigenvalue weighted by atomic mass is 31.3. The molecule has 2 aromatic rings. The summed E-state index contributed by atoms with van der Waals surface area (Å²) < 4.78 is 52.5. The number of nitrogens with zero attached hydrogens (tertiary/aromatic N) is 4. The quantitative estimate of drug-likeness (QED) is 0.170. The SMILES string of the molecule is CNc1nc(N)nc2c1ncn2[C@@H]1O[C@H](COP(=O)(O)OP(=O)(O)OP(=O)(O)O)[C@@H](O)[C@@]1(C)O. The first-order valence-electron chi connectivity index (χ1n) is 8.98. The lowest BCUT2D eigenvalue weighted by Gasteiger charge is -2.27. The summed E-state index contributed by atoms with van der Waals surface area (Å²) in [6.45, 7) is 0.200. The molecule has 0 spiro atoms. The number of nitrogen functional groups attached to an aromatic ring is 1. The number of hydrogen-bond donors (Lipinski definition) is 8. The Morgan fingerprint density at radius 1 is 1.21 bits per heavy atom. The molecule has 22 heteroatoms. The molecular weight excluding hydrogens is 529 g/mol. The van der Waals surface area contributed by atoms with Gasteiger partial charge in [0.2, 0.25) is 5.95 Å². The van der Waals surface area contributed by atoms with Gasteiger partial charge in [-0.15, -0.1) is 0 Å². The van der Waals surface area contributed by atoms with Crippen LogP contribution in [0.1, 0.15) is 13.2 Å². The Balaban J connectivity index is 1.79. The van der Waals surface area contributed by atoms with E-state index in [1.807, 2.05) is 0 Å². The number of phosphoric acid groups is 3. The van der Waals surface area contributed by atoms with Gasteiger partial charge in [-0.3, -0.25) is 9.09 Å². The summed E-state index contributed by atoms with van der Waals surface area (Å²) in [4.78, 5) is 48.0. The lowest BCUT2D eigenvalue weighted by atomic mass is 9.96. The first kappa shape index (κ1) is 27.0. The molecule has 3 heterocycles. The number of anilines is 2. The first-order valence-corrected chi connectivity index (χ1v) is 13.5. The van der Waals surface area contributed by atoms with Crippen molar-refractivity contribution in [2.45, 2.75) is 31.0 Å². The van der Waals surface area contributed by atoms with Crippen molar-refractivity contribution in [3.63, 3.8) is 0 Å². The number of fused-ring (bicyclic) bond motifs is 1. The fraction of sp³-hybridized carbons (Fsp3) is 0.583. The summed E-state index contributed by atoms with van der Waals surface area (Å²) in [5.41, 5.74) is 4.00. The van der Waals surface area contributed by atoms with Crippen molar-refractivity contribution in [1.29, 1.82) is 0 Å². The standard InChI is InChI=1S/C12H21N6O13P3/c1-12(20)7(19)5(3-28-33(24,25)31-34(26,27)30-32(21,22)23)29-10(12)18-4-15-6-8(14-2)16-11(13)17-9(6)18/h4-5,7,10,19-20H,3H2,1-2H3,(H,24,25)(H,26,27)(H2,21,22,23)(H3,13,14,16,17)/t5-,7-,10-,12-/m1/s1. The lowest BCUT2D eigenvalue weighted by molar-refractivity contribution is -0.0949. The van der Waals surface area contributed by atoms with Crippen molar-refractivity contribution in [3.8, 4) is 0 Å². The largest absolute Gasteiger partial charge is 0.490 e. The van der Waals surface area contributed by atoms with E-state index in [1.54, 1.807) is 7.05 Å². The monoisotopic (exact) mass is 550 g/mol. The van der Waals surface area contributed by atoms with E-state index in [0.29, 0.717) is 0 Å². The van der Waals surface area contributed by atoms with Gasteiger partial charge < -0.3 is 45.6 Å². The number of nitrogens with two attached hydrogens (primary N) is 1. The normalized spacial score (nSPS) is 29.1. The highest BCUT2D eigenvalue weighted by Gasteiger charge is 2.54. The minimum Gasteiger partial charge on any atom is -0.387 e. The molecule has 9 N–H and O–H groups in total. The predicted octanol–water partition coefficient (Wildman–Crippen LogP) is -1.20. The highest BCUT2D eigenvalue weighted by molar-refractivity contribution is 7.66. The Morgan fingerprint density at radius 3 is 2.44 bits per heavy atom. The number of ether oxygens (including phenoxy) is 1. The van der Waals surface area contributed by atoms with Crippen LogP contribution in [-0.4, -0.2) is 80.8 Å². The van der Waals surface area contributed by atoms with Crippen LogP contribution in [0.15, 0.2) is 6.33 Å². The van der Waals surface area contributed by atoms with E-state index in [2.05, 4.69) is 33.4 Å². The first-order chi connectivity index (χ1) is 15.5. The summed E-state index contributed by atoms with van der Waals surface area (Å²) in [5.74, 6) is 0.129. The summed E-state index contributed by atoms with van der Waals surface area (Å²) in [7, 11) is -15.2. The van der Waals surface area contributed by atoms with E-state index < -0.39 is 54.1 Å². The lowest BCUT2D eigenvalue weighted by Crippen LogP contribution is -2.44. The molecule has 1 saturated heterocycles. The molecule has 192 valence electrons. The van der Waals surface area contributed by atoms with Gasteiger partial charge in [0.05, 0.1) is 12.9 Å². The fourth-order valence-corrected chi connectivity index (χ4v) is 6.16. The molecule has 2 aromatic heterocycles. The van der Waals surface area contributed by atoms with Crippen LogP contribution in [0, 0.1) is 0 Å². The van der Waals surface area contributed by atoms with Crippen molar-refractivity contribution >= 4 is 46.4 Å². The van der Waals surface area contributed by atoms with Gasteiger partial charge in [0.15, 0.2) is 23.2 Å². The Morgan fingerprint density at radius 2 is 1.85 bits per heavy atom. The number of hydrogen-bond acceptors (Lipinski definition) is 14. The second-order valence-corrected chi connectivity index (χ2v) is 11.5. The van der Waals surface area contributed by atoms with E-state index >= 15 is 0 Å². The molecule has 1 aliphatic heterocycles. The molecule has 3 rings (SSSR count). The average molecular weight is 550 g/mol.